The van der Waals surface area contributed by atoms with Gasteiger partial charge < -0.3 is 14.8 Å². The monoisotopic (exact) mass is 285 g/mol. The number of nitrogens with one attached hydrogen (secondary N) is 1. The van der Waals surface area contributed by atoms with Gasteiger partial charge >= 0.3 is 0 Å². The van der Waals surface area contributed by atoms with E-state index in [0.29, 0.717) is 6.61 Å². The third kappa shape index (κ3) is 7.41. The molecule has 0 atom stereocenters. The molecular formula is C15H24ClNO2. The predicted octanol–water partition coefficient (Wildman–Crippen LogP) is 3.43. The number of halogens is 1. The zero-order valence-electron chi connectivity index (χ0n) is 11.9. The van der Waals surface area contributed by atoms with Crippen LogP contribution in [0.15, 0.2) is 18.2 Å². The molecule has 0 bridgehead atoms. The van der Waals surface area contributed by atoms with Crippen molar-refractivity contribution in [2.45, 2.75) is 26.7 Å². The lowest BCUT2D eigenvalue weighted by molar-refractivity contribution is 0.132. The predicted molar refractivity (Wildman–Crippen MR) is 80.3 cm³/mol. The van der Waals surface area contributed by atoms with E-state index in [1.807, 2.05) is 25.1 Å². The maximum absolute atomic E-state index is 5.95. The van der Waals surface area contributed by atoms with Crippen LogP contribution in [0.25, 0.3) is 0 Å². The van der Waals surface area contributed by atoms with Gasteiger partial charge in [-0.1, -0.05) is 24.9 Å². The van der Waals surface area contributed by atoms with Gasteiger partial charge in [-0.05, 0) is 37.1 Å². The fraction of sp³-hybridized carbons (Fsp3) is 0.600. The number of ether oxygens (including phenoxy) is 2. The molecule has 0 spiro atoms. The van der Waals surface area contributed by atoms with Gasteiger partial charge in [-0.25, -0.2) is 0 Å². The Morgan fingerprint density at radius 2 is 1.95 bits per heavy atom. The van der Waals surface area contributed by atoms with Crippen molar-refractivity contribution >= 4 is 11.6 Å². The summed E-state index contributed by atoms with van der Waals surface area (Å²) >= 11 is 5.95. The van der Waals surface area contributed by atoms with Crippen molar-refractivity contribution in [1.29, 1.82) is 0 Å². The summed E-state index contributed by atoms with van der Waals surface area (Å²) in [6, 6.07) is 5.71. The lowest BCUT2D eigenvalue weighted by atomic mass is 10.2. The summed E-state index contributed by atoms with van der Waals surface area (Å²) in [6.07, 6.45) is 2.32. The molecule has 1 aromatic rings. The van der Waals surface area contributed by atoms with Crippen LogP contribution in [0.5, 0.6) is 5.75 Å². The number of hydrogen-bond acceptors (Lipinski definition) is 3. The molecule has 1 rings (SSSR count). The molecule has 3 nitrogen and oxygen atoms in total. The molecule has 0 aliphatic carbocycles. The Kier molecular flexibility index (Phi) is 8.63. The van der Waals surface area contributed by atoms with Crippen LogP contribution in [0.2, 0.25) is 5.02 Å². The largest absolute Gasteiger partial charge is 0.492 e. The number of benzene rings is 1. The SMILES string of the molecule is CCCCOCCNCCOc1ccc(Cl)c(C)c1. The fourth-order valence-electron chi connectivity index (χ4n) is 1.57. The highest BCUT2D eigenvalue weighted by Crippen LogP contribution is 2.20. The summed E-state index contributed by atoms with van der Waals surface area (Å²) in [5.74, 6) is 0.864. The third-order valence-corrected chi connectivity index (χ3v) is 3.17. The Morgan fingerprint density at radius 3 is 2.68 bits per heavy atom. The van der Waals surface area contributed by atoms with Crippen molar-refractivity contribution in [3.8, 4) is 5.75 Å². The van der Waals surface area contributed by atoms with E-state index in [0.717, 1.165) is 49.1 Å². The number of hydrogen-bond donors (Lipinski definition) is 1. The van der Waals surface area contributed by atoms with E-state index in [9.17, 15) is 0 Å². The molecule has 0 fully saturated rings. The zero-order valence-corrected chi connectivity index (χ0v) is 12.6. The maximum Gasteiger partial charge on any atom is 0.119 e. The Bertz CT molecular complexity index is 358. The number of aryl methyl sites for hydroxylation is 1. The first-order valence-electron chi connectivity index (χ1n) is 6.91. The molecule has 0 saturated heterocycles. The summed E-state index contributed by atoms with van der Waals surface area (Å²) in [7, 11) is 0. The van der Waals surface area contributed by atoms with Gasteiger partial charge in [0, 0.05) is 24.7 Å². The highest BCUT2D eigenvalue weighted by Gasteiger charge is 1.98. The molecule has 0 amide bonds. The summed E-state index contributed by atoms with van der Waals surface area (Å²) in [6.45, 7) is 8.10. The van der Waals surface area contributed by atoms with E-state index in [-0.39, 0.29) is 0 Å². The van der Waals surface area contributed by atoms with Gasteiger partial charge in [0.25, 0.3) is 0 Å². The molecule has 4 heteroatoms. The van der Waals surface area contributed by atoms with Gasteiger partial charge in [-0.2, -0.15) is 0 Å². The molecule has 108 valence electrons. The van der Waals surface area contributed by atoms with Crippen molar-refractivity contribution in [1.82, 2.24) is 5.32 Å². The number of unbranched alkanes of at least 4 members (excludes halogenated alkanes) is 1. The van der Waals surface area contributed by atoms with E-state index in [1.54, 1.807) is 0 Å². The van der Waals surface area contributed by atoms with Crippen molar-refractivity contribution in [3.05, 3.63) is 28.8 Å². The van der Waals surface area contributed by atoms with E-state index in [4.69, 9.17) is 21.1 Å². The van der Waals surface area contributed by atoms with Gasteiger partial charge in [-0.15, -0.1) is 0 Å². The normalized spacial score (nSPS) is 10.7. The van der Waals surface area contributed by atoms with Crippen LogP contribution in [-0.4, -0.2) is 32.9 Å². The second kappa shape index (κ2) is 10.1. The van der Waals surface area contributed by atoms with E-state index in [2.05, 4.69) is 12.2 Å². The molecular weight excluding hydrogens is 262 g/mol. The molecule has 1 N–H and O–H groups in total. The fourth-order valence-corrected chi connectivity index (χ4v) is 1.68. The number of rotatable bonds is 10. The van der Waals surface area contributed by atoms with Crippen molar-refractivity contribution < 1.29 is 9.47 Å². The van der Waals surface area contributed by atoms with Gasteiger partial charge in [0.2, 0.25) is 0 Å². The van der Waals surface area contributed by atoms with Gasteiger partial charge in [-0.3, -0.25) is 0 Å². The Balaban J connectivity index is 2.00. The van der Waals surface area contributed by atoms with Gasteiger partial charge in [0.1, 0.15) is 12.4 Å². The van der Waals surface area contributed by atoms with Crippen LogP contribution >= 0.6 is 11.6 Å². The molecule has 19 heavy (non-hydrogen) atoms. The van der Waals surface area contributed by atoms with Crippen molar-refractivity contribution in [2.24, 2.45) is 0 Å². The van der Waals surface area contributed by atoms with E-state index < -0.39 is 0 Å². The Morgan fingerprint density at radius 1 is 1.16 bits per heavy atom. The highest BCUT2D eigenvalue weighted by atomic mass is 35.5. The van der Waals surface area contributed by atoms with E-state index >= 15 is 0 Å². The minimum absolute atomic E-state index is 0.649. The quantitative estimate of drug-likeness (QED) is 0.668. The molecule has 0 aromatic heterocycles. The summed E-state index contributed by atoms with van der Waals surface area (Å²) in [4.78, 5) is 0. The summed E-state index contributed by atoms with van der Waals surface area (Å²) in [5.41, 5.74) is 1.04. The lowest BCUT2D eigenvalue weighted by Crippen LogP contribution is -2.25. The van der Waals surface area contributed by atoms with Crippen LogP contribution in [0.1, 0.15) is 25.3 Å². The maximum atomic E-state index is 5.95. The molecule has 0 radical (unpaired) electrons. The van der Waals surface area contributed by atoms with Gasteiger partial charge in [0.05, 0.1) is 6.61 Å². The first kappa shape index (κ1) is 16.3. The van der Waals surface area contributed by atoms with Crippen molar-refractivity contribution in [3.63, 3.8) is 0 Å². The van der Waals surface area contributed by atoms with Crippen LogP contribution in [0, 0.1) is 6.92 Å². The standard InChI is InChI=1S/C15H24ClNO2/c1-3-4-9-18-10-7-17-8-11-19-14-5-6-15(16)13(2)12-14/h5-6,12,17H,3-4,7-11H2,1-2H3. The van der Waals surface area contributed by atoms with Crippen molar-refractivity contribution in [2.75, 3.05) is 32.9 Å². The molecule has 0 aliphatic heterocycles. The summed E-state index contributed by atoms with van der Waals surface area (Å²) < 4.78 is 11.1. The second-order valence-electron chi connectivity index (χ2n) is 4.48. The average molecular weight is 286 g/mol. The van der Waals surface area contributed by atoms with Crippen LogP contribution in [-0.2, 0) is 4.74 Å². The molecule has 0 unspecified atom stereocenters. The van der Waals surface area contributed by atoms with Crippen LogP contribution < -0.4 is 10.1 Å². The highest BCUT2D eigenvalue weighted by molar-refractivity contribution is 6.31. The minimum atomic E-state index is 0.649. The summed E-state index contributed by atoms with van der Waals surface area (Å²) in [5, 5.41) is 4.06. The Labute approximate surface area is 121 Å². The average Bonchev–Trinajstić information content (AvgIpc) is 2.41. The molecule has 1 aromatic carbocycles. The molecule has 0 aliphatic rings. The third-order valence-electron chi connectivity index (χ3n) is 2.74. The smallest absolute Gasteiger partial charge is 0.119 e. The first-order valence-corrected chi connectivity index (χ1v) is 7.29. The first-order chi connectivity index (χ1) is 9.24. The Hall–Kier alpha value is -0.770. The van der Waals surface area contributed by atoms with Crippen LogP contribution in [0.4, 0.5) is 0 Å². The zero-order chi connectivity index (χ0) is 13.9. The van der Waals surface area contributed by atoms with Gasteiger partial charge in [0.15, 0.2) is 0 Å². The molecule has 0 saturated carbocycles. The topological polar surface area (TPSA) is 30.5 Å². The second-order valence-corrected chi connectivity index (χ2v) is 4.88. The lowest BCUT2D eigenvalue weighted by Gasteiger charge is -2.09. The van der Waals surface area contributed by atoms with E-state index in [1.165, 1.54) is 6.42 Å². The minimum Gasteiger partial charge on any atom is -0.492 e. The molecule has 0 heterocycles. The van der Waals surface area contributed by atoms with Crippen LogP contribution in [0.3, 0.4) is 0 Å².